The SMILES string of the molecule is O=c1n(Cc2c(F)cccc2Cl)nc2ccc(S(=O)(=O)N3CCCC3)cn12. The summed E-state index contributed by atoms with van der Waals surface area (Å²) in [5.74, 6) is -0.538. The van der Waals surface area contributed by atoms with Crippen LogP contribution in [0.2, 0.25) is 5.02 Å². The summed E-state index contributed by atoms with van der Waals surface area (Å²) in [6.07, 6.45) is 2.91. The molecule has 1 aliphatic rings. The van der Waals surface area contributed by atoms with Crippen molar-refractivity contribution in [3.05, 3.63) is 63.4 Å². The molecule has 4 rings (SSSR count). The third kappa shape index (κ3) is 3.15. The van der Waals surface area contributed by atoms with Gasteiger partial charge >= 0.3 is 5.69 Å². The smallest absolute Gasteiger partial charge is 0.249 e. The first kappa shape index (κ1) is 18.1. The molecule has 1 aromatic carbocycles. The molecule has 1 saturated heterocycles. The van der Waals surface area contributed by atoms with Gasteiger partial charge in [0.05, 0.1) is 11.4 Å². The van der Waals surface area contributed by atoms with Crippen LogP contribution in [0.25, 0.3) is 5.65 Å². The number of hydrogen-bond acceptors (Lipinski definition) is 4. The molecule has 1 fully saturated rings. The molecule has 0 amide bonds. The van der Waals surface area contributed by atoms with E-state index in [0.717, 1.165) is 21.9 Å². The van der Waals surface area contributed by atoms with Gasteiger partial charge in [-0.15, -0.1) is 5.10 Å². The number of aromatic nitrogens is 3. The van der Waals surface area contributed by atoms with Crippen LogP contribution in [0.4, 0.5) is 4.39 Å². The van der Waals surface area contributed by atoms with Crippen LogP contribution in [0.3, 0.4) is 0 Å². The highest BCUT2D eigenvalue weighted by Gasteiger charge is 2.28. The molecule has 142 valence electrons. The van der Waals surface area contributed by atoms with Gasteiger partial charge in [0, 0.05) is 29.9 Å². The molecule has 0 bridgehead atoms. The van der Waals surface area contributed by atoms with E-state index < -0.39 is 21.5 Å². The first-order valence-corrected chi connectivity index (χ1v) is 10.2. The normalized spacial score (nSPS) is 15.6. The number of sulfonamides is 1. The minimum absolute atomic E-state index is 0.0301. The molecule has 27 heavy (non-hydrogen) atoms. The topological polar surface area (TPSA) is 76.7 Å². The molecule has 0 aliphatic carbocycles. The minimum atomic E-state index is -3.65. The molecule has 0 unspecified atom stereocenters. The lowest BCUT2D eigenvalue weighted by Gasteiger charge is -2.15. The van der Waals surface area contributed by atoms with E-state index in [1.165, 1.54) is 40.8 Å². The fourth-order valence-corrected chi connectivity index (χ4v) is 4.90. The van der Waals surface area contributed by atoms with Gasteiger partial charge in [0.15, 0.2) is 5.65 Å². The molecular weight excluding hydrogens is 395 g/mol. The number of nitrogens with zero attached hydrogens (tertiary/aromatic N) is 4. The first-order chi connectivity index (χ1) is 12.9. The molecule has 0 N–H and O–H groups in total. The van der Waals surface area contributed by atoms with E-state index in [2.05, 4.69) is 5.10 Å². The van der Waals surface area contributed by atoms with E-state index in [0.29, 0.717) is 13.1 Å². The average Bonchev–Trinajstić information content (AvgIpc) is 3.28. The van der Waals surface area contributed by atoms with Gasteiger partial charge < -0.3 is 0 Å². The number of hydrogen-bond donors (Lipinski definition) is 0. The summed E-state index contributed by atoms with van der Waals surface area (Å²) >= 11 is 6.01. The van der Waals surface area contributed by atoms with E-state index in [4.69, 9.17) is 11.6 Å². The molecule has 10 heteroatoms. The predicted octanol–water partition coefficient (Wildman–Crippen LogP) is 2.12. The van der Waals surface area contributed by atoms with Crippen LogP contribution >= 0.6 is 11.6 Å². The second kappa shape index (κ2) is 6.74. The molecule has 0 spiro atoms. The predicted molar refractivity (Wildman–Crippen MR) is 98.0 cm³/mol. The van der Waals surface area contributed by atoms with Gasteiger partial charge in [0.2, 0.25) is 10.0 Å². The molecule has 7 nitrogen and oxygen atoms in total. The lowest BCUT2D eigenvalue weighted by molar-refractivity contribution is 0.477. The van der Waals surface area contributed by atoms with Crippen LogP contribution in [0.1, 0.15) is 18.4 Å². The molecule has 2 aromatic heterocycles. The van der Waals surface area contributed by atoms with E-state index >= 15 is 0 Å². The van der Waals surface area contributed by atoms with E-state index in [1.807, 2.05) is 0 Å². The molecule has 3 heterocycles. The Labute approximate surface area is 159 Å². The highest BCUT2D eigenvalue weighted by atomic mass is 35.5. The Kier molecular flexibility index (Phi) is 4.53. The average molecular weight is 411 g/mol. The van der Waals surface area contributed by atoms with Gasteiger partial charge in [-0.2, -0.15) is 4.31 Å². The first-order valence-electron chi connectivity index (χ1n) is 8.40. The van der Waals surface area contributed by atoms with Gasteiger partial charge in [-0.25, -0.2) is 26.7 Å². The van der Waals surface area contributed by atoms with Crippen LogP contribution in [-0.4, -0.2) is 40.0 Å². The zero-order valence-corrected chi connectivity index (χ0v) is 15.7. The Bertz CT molecular complexity index is 1160. The molecule has 3 aromatic rings. The van der Waals surface area contributed by atoms with Crippen molar-refractivity contribution in [2.24, 2.45) is 0 Å². The maximum atomic E-state index is 14.0. The fraction of sp³-hybridized carbons (Fsp3) is 0.294. The number of rotatable bonds is 4. The molecular formula is C17H16ClFN4O3S. The summed E-state index contributed by atoms with van der Waals surface area (Å²) in [5, 5.41) is 4.33. The summed E-state index contributed by atoms with van der Waals surface area (Å²) in [6.45, 7) is 0.793. The van der Waals surface area contributed by atoms with Crippen LogP contribution in [-0.2, 0) is 16.6 Å². The number of halogens is 2. The Balaban J connectivity index is 1.76. The van der Waals surface area contributed by atoms with Gasteiger partial charge in [-0.1, -0.05) is 17.7 Å². The Morgan fingerprint density at radius 2 is 1.89 bits per heavy atom. The Hall–Kier alpha value is -2.23. The second-order valence-electron chi connectivity index (χ2n) is 6.34. The summed E-state index contributed by atoms with van der Waals surface area (Å²) in [5.41, 5.74) is -0.148. The van der Waals surface area contributed by atoms with Crippen molar-refractivity contribution in [2.75, 3.05) is 13.1 Å². The third-order valence-corrected chi connectivity index (χ3v) is 6.86. The summed E-state index contributed by atoms with van der Waals surface area (Å²) in [6, 6.07) is 7.15. The Morgan fingerprint density at radius 1 is 1.15 bits per heavy atom. The highest BCUT2D eigenvalue weighted by molar-refractivity contribution is 7.89. The zero-order valence-electron chi connectivity index (χ0n) is 14.2. The van der Waals surface area contributed by atoms with E-state index in [-0.39, 0.29) is 27.7 Å². The lowest BCUT2D eigenvalue weighted by Crippen LogP contribution is -2.28. The summed E-state index contributed by atoms with van der Waals surface area (Å²) in [7, 11) is -3.65. The van der Waals surface area contributed by atoms with Crippen molar-refractivity contribution in [3.63, 3.8) is 0 Å². The number of benzene rings is 1. The molecule has 0 saturated carbocycles. The maximum absolute atomic E-state index is 14.0. The van der Waals surface area contributed by atoms with Crippen molar-refractivity contribution in [1.82, 2.24) is 18.5 Å². The van der Waals surface area contributed by atoms with E-state index in [9.17, 15) is 17.6 Å². The Morgan fingerprint density at radius 3 is 2.59 bits per heavy atom. The second-order valence-corrected chi connectivity index (χ2v) is 8.69. The van der Waals surface area contributed by atoms with Crippen molar-refractivity contribution >= 4 is 27.3 Å². The van der Waals surface area contributed by atoms with Crippen LogP contribution in [0.5, 0.6) is 0 Å². The minimum Gasteiger partial charge on any atom is -0.249 e. The van der Waals surface area contributed by atoms with Gasteiger partial charge in [-0.3, -0.25) is 0 Å². The van der Waals surface area contributed by atoms with Crippen molar-refractivity contribution in [1.29, 1.82) is 0 Å². The van der Waals surface area contributed by atoms with Crippen molar-refractivity contribution in [3.8, 4) is 0 Å². The zero-order chi connectivity index (χ0) is 19.2. The third-order valence-electron chi connectivity index (χ3n) is 4.62. The van der Waals surface area contributed by atoms with Gasteiger partial charge in [0.25, 0.3) is 0 Å². The van der Waals surface area contributed by atoms with Crippen molar-refractivity contribution < 1.29 is 12.8 Å². The van der Waals surface area contributed by atoms with Crippen molar-refractivity contribution in [2.45, 2.75) is 24.3 Å². The standard InChI is InChI=1S/C17H16ClFN4O3S/c18-14-4-3-5-15(19)13(14)11-23-17(24)22-10-12(6-7-16(22)20-23)27(25,26)21-8-1-2-9-21/h3-7,10H,1-2,8-9,11H2. The quantitative estimate of drug-likeness (QED) is 0.660. The molecule has 1 aliphatic heterocycles. The highest BCUT2D eigenvalue weighted by Crippen LogP contribution is 2.22. The van der Waals surface area contributed by atoms with Crippen LogP contribution in [0.15, 0.2) is 46.2 Å². The van der Waals surface area contributed by atoms with E-state index in [1.54, 1.807) is 0 Å². The van der Waals surface area contributed by atoms with Gasteiger partial charge in [0.1, 0.15) is 5.82 Å². The summed E-state index contributed by atoms with van der Waals surface area (Å²) in [4.78, 5) is 12.7. The van der Waals surface area contributed by atoms with Crippen LogP contribution < -0.4 is 5.69 Å². The monoisotopic (exact) mass is 410 g/mol. The summed E-state index contributed by atoms with van der Waals surface area (Å²) < 4.78 is 43.0. The molecule has 0 atom stereocenters. The number of fused-ring (bicyclic) bond motifs is 1. The maximum Gasteiger partial charge on any atom is 0.350 e. The largest absolute Gasteiger partial charge is 0.350 e. The fourth-order valence-electron chi connectivity index (χ4n) is 3.17. The van der Waals surface area contributed by atoms with Crippen LogP contribution in [0, 0.1) is 5.82 Å². The lowest BCUT2D eigenvalue weighted by atomic mass is 10.2. The number of pyridine rings is 1. The molecule has 0 radical (unpaired) electrons. The van der Waals surface area contributed by atoms with Gasteiger partial charge in [-0.05, 0) is 37.1 Å².